The van der Waals surface area contributed by atoms with Gasteiger partial charge in [-0.3, -0.25) is 14.9 Å². The Labute approximate surface area is 155 Å². The highest BCUT2D eigenvalue weighted by molar-refractivity contribution is 5.98. The minimum absolute atomic E-state index is 0.115. The van der Waals surface area contributed by atoms with Crippen LogP contribution in [0.25, 0.3) is 0 Å². The second kappa shape index (κ2) is 8.65. The average molecular weight is 374 g/mol. The Morgan fingerprint density at radius 1 is 1.11 bits per heavy atom. The summed E-state index contributed by atoms with van der Waals surface area (Å²) in [4.78, 5) is 34.7. The number of hydrogen-bond acceptors (Lipinski definition) is 7. The quantitative estimate of drug-likeness (QED) is 0.450. The second-order valence-corrected chi connectivity index (χ2v) is 5.41. The molecule has 9 nitrogen and oxygen atoms in total. The third-order valence-corrected chi connectivity index (χ3v) is 3.61. The van der Waals surface area contributed by atoms with Crippen molar-refractivity contribution in [3.63, 3.8) is 0 Å². The summed E-state index contributed by atoms with van der Waals surface area (Å²) < 4.78 is 15.2. The van der Waals surface area contributed by atoms with Gasteiger partial charge in [0, 0.05) is 6.07 Å². The van der Waals surface area contributed by atoms with Gasteiger partial charge >= 0.3 is 5.97 Å². The summed E-state index contributed by atoms with van der Waals surface area (Å²) in [6.45, 7) is 1.41. The molecular weight excluding hydrogens is 356 g/mol. The van der Waals surface area contributed by atoms with Crippen molar-refractivity contribution in [2.75, 3.05) is 19.5 Å². The predicted molar refractivity (Wildman–Crippen MR) is 96.1 cm³/mol. The molecule has 0 heterocycles. The smallest absolute Gasteiger partial charge is 0.339 e. The lowest BCUT2D eigenvalue weighted by molar-refractivity contribution is -0.384. The zero-order chi connectivity index (χ0) is 20.0. The first-order valence-corrected chi connectivity index (χ1v) is 7.84. The first-order valence-electron chi connectivity index (χ1n) is 7.84. The van der Waals surface area contributed by atoms with Gasteiger partial charge < -0.3 is 19.5 Å². The number of nitro groups is 1. The number of carbonyl (C=O) groups is 2. The average Bonchev–Trinajstić information content (AvgIpc) is 2.67. The number of hydrogen-bond donors (Lipinski definition) is 1. The Kier molecular flexibility index (Phi) is 6.32. The van der Waals surface area contributed by atoms with Gasteiger partial charge in [-0.05, 0) is 31.2 Å². The molecule has 0 bridgehead atoms. The van der Waals surface area contributed by atoms with Gasteiger partial charge in [0.05, 0.1) is 36.5 Å². The standard InChI is InChI=1S/C18H18N2O7/c1-11(27-18(22)12-5-4-6-14(9-12)25-2)17(21)19-15-8-7-13(20(23)24)10-16(15)26-3/h4-11H,1-3H3,(H,19,21). The van der Waals surface area contributed by atoms with E-state index in [2.05, 4.69) is 5.32 Å². The molecule has 0 aliphatic heterocycles. The minimum atomic E-state index is -1.11. The molecule has 1 unspecified atom stereocenters. The number of methoxy groups -OCH3 is 2. The van der Waals surface area contributed by atoms with Crippen LogP contribution in [0.2, 0.25) is 0 Å². The number of esters is 1. The topological polar surface area (TPSA) is 117 Å². The highest BCUT2D eigenvalue weighted by atomic mass is 16.6. The van der Waals surface area contributed by atoms with E-state index in [1.54, 1.807) is 12.1 Å². The van der Waals surface area contributed by atoms with E-state index in [1.807, 2.05) is 0 Å². The van der Waals surface area contributed by atoms with Crippen LogP contribution in [0.5, 0.6) is 11.5 Å². The number of benzene rings is 2. The van der Waals surface area contributed by atoms with Crippen LogP contribution in [0.1, 0.15) is 17.3 Å². The summed E-state index contributed by atoms with van der Waals surface area (Å²) in [7, 11) is 2.79. The maximum absolute atomic E-state index is 12.3. The maximum Gasteiger partial charge on any atom is 0.339 e. The van der Waals surface area contributed by atoms with Gasteiger partial charge in [-0.2, -0.15) is 0 Å². The van der Waals surface area contributed by atoms with E-state index in [-0.39, 0.29) is 22.7 Å². The number of amides is 1. The molecule has 0 aliphatic rings. The van der Waals surface area contributed by atoms with Crippen molar-refractivity contribution in [1.82, 2.24) is 0 Å². The normalized spacial score (nSPS) is 11.2. The molecule has 27 heavy (non-hydrogen) atoms. The van der Waals surface area contributed by atoms with Crippen LogP contribution in [0.3, 0.4) is 0 Å². The van der Waals surface area contributed by atoms with Crippen LogP contribution >= 0.6 is 0 Å². The first-order chi connectivity index (χ1) is 12.8. The predicted octanol–water partition coefficient (Wildman–Crippen LogP) is 2.80. The van der Waals surface area contributed by atoms with Crippen LogP contribution in [-0.2, 0) is 9.53 Å². The summed E-state index contributed by atoms with van der Waals surface area (Å²) in [6, 6.07) is 10.1. The Bertz CT molecular complexity index is 867. The van der Waals surface area contributed by atoms with Crippen molar-refractivity contribution in [1.29, 1.82) is 0 Å². The number of anilines is 1. The maximum atomic E-state index is 12.3. The number of nitrogens with one attached hydrogen (secondary N) is 1. The Balaban J connectivity index is 2.07. The SMILES string of the molecule is COc1cccc(C(=O)OC(C)C(=O)Nc2ccc([N+](=O)[O-])cc2OC)c1. The Morgan fingerprint density at radius 3 is 2.48 bits per heavy atom. The highest BCUT2D eigenvalue weighted by Crippen LogP contribution is 2.29. The molecule has 2 aromatic rings. The van der Waals surface area contributed by atoms with Crippen molar-refractivity contribution in [2.45, 2.75) is 13.0 Å². The van der Waals surface area contributed by atoms with Crippen molar-refractivity contribution in [2.24, 2.45) is 0 Å². The monoisotopic (exact) mass is 374 g/mol. The molecule has 2 aromatic carbocycles. The molecule has 142 valence electrons. The van der Waals surface area contributed by atoms with Crippen molar-refractivity contribution < 1.29 is 28.7 Å². The van der Waals surface area contributed by atoms with E-state index in [0.717, 1.165) is 0 Å². The van der Waals surface area contributed by atoms with E-state index in [9.17, 15) is 19.7 Å². The summed E-state index contributed by atoms with van der Waals surface area (Å²) in [5.41, 5.74) is 0.279. The first kappa shape index (κ1) is 19.7. The van der Waals surface area contributed by atoms with Gasteiger partial charge in [0.25, 0.3) is 11.6 Å². The minimum Gasteiger partial charge on any atom is -0.497 e. The molecule has 1 atom stereocenters. The zero-order valence-corrected chi connectivity index (χ0v) is 14.9. The van der Waals surface area contributed by atoms with Gasteiger partial charge in [-0.25, -0.2) is 4.79 Å². The third kappa shape index (κ3) is 4.94. The fraction of sp³-hybridized carbons (Fsp3) is 0.222. The van der Waals surface area contributed by atoms with Gasteiger partial charge in [0.15, 0.2) is 6.10 Å². The Morgan fingerprint density at radius 2 is 1.85 bits per heavy atom. The summed E-state index contributed by atoms with van der Waals surface area (Å²) >= 11 is 0. The third-order valence-electron chi connectivity index (χ3n) is 3.61. The lowest BCUT2D eigenvalue weighted by Crippen LogP contribution is -2.30. The molecule has 0 saturated heterocycles. The molecule has 2 rings (SSSR count). The van der Waals surface area contributed by atoms with Crippen molar-refractivity contribution in [3.05, 3.63) is 58.1 Å². The fourth-order valence-electron chi connectivity index (χ4n) is 2.16. The Hall–Kier alpha value is -3.62. The largest absolute Gasteiger partial charge is 0.497 e. The number of carbonyl (C=O) groups excluding carboxylic acids is 2. The van der Waals surface area contributed by atoms with Gasteiger partial charge in [-0.1, -0.05) is 6.07 Å². The van der Waals surface area contributed by atoms with E-state index in [0.29, 0.717) is 5.75 Å². The van der Waals surface area contributed by atoms with Crippen LogP contribution < -0.4 is 14.8 Å². The summed E-state index contributed by atoms with van der Waals surface area (Å²) in [5, 5.41) is 13.3. The van der Waals surface area contributed by atoms with E-state index in [1.165, 1.54) is 51.5 Å². The number of rotatable bonds is 7. The molecule has 9 heteroatoms. The van der Waals surface area contributed by atoms with Gasteiger partial charge in [0.1, 0.15) is 11.5 Å². The van der Waals surface area contributed by atoms with Crippen molar-refractivity contribution >= 4 is 23.3 Å². The lowest BCUT2D eigenvalue weighted by atomic mass is 10.2. The number of non-ortho nitro benzene ring substituents is 1. The lowest BCUT2D eigenvalue weighted by Gasteiger charge is -2.15. The van der Waals surface area contributed by atoms with E-state index < -0.39 is 22.9 Å². The molecule has 0 spiro atoms. The summed E-state index contributed by atoms with van der Waals surface area (Å²) in [6.07, 6.45) is -1.11. The van der Waals surface area contributed by atoms with Crippen LogP contribution in [0.4, 0.5) is 11.4 Å². The molecule has 0 radical (unpaired) electrons. The van der Waals surface area contributed by atoms with Gasteiger partial charge in [0.2, 0.25) is 0 Å². The number of nitrogens with zero attached hydrogens (tertiary/aromatic N) is 1. The second-order valence-electron chi connectivity index (χ2n) is 5.41. The van der Waals surface area contributed by atoms with E-state index >= 15 is 0 Å². The van der Waals surface area contributed by atoms with Crippen molar-refractivity contribution in [3.8, 4) is 11.5 Å². The number of ether oxygens (including phenoxy) is 3. The molecular formula is C18H18N2O7. The molecule has 0 saturated carbocycles. The summed E-state index contributed by atoms with van der Waals surface area (Å²) in [5.74, 6) is -0.702. The number of nitro benzene ring substituents is 1. The fourth-order valence-corrected chi connectivity index (χ4v) is 2.16. The van der Waals surface area contributed by atoms with Gasteiger partial charge in [-0.15, -0.1) is 0 Å². The molecule has 1 N–H and O–H groups in total. The van der Waals surface area contributed by atoms with Crippen LogP contribution in [-0.4, -0.2) is 37.1 Å². The molecule has 0 fully saturated rings. The van der Waals surface area contributed by atoms with Crippen LogP contribution in [0.15, 0.2) is 42.5 Å². The molecule has 1 amide bonds. The molecule has 0 aromatic heterocycles. The van der Waals surface area contributed by atoms with E-state index in [4.69, 9.17) is 14.2 Å². The zero-order valence-electron chi connectivity index (χ0n) is 14.9. The molecule has 0 aliphatic carbocycles. The van der Waals surface area contributed by atoms with Crippen LogP contribution in [0, 0.1) is 10.1 Å². The highest BCUT2D eigenvalue weighted by Gasteiger charge is 2.21.